The molecule has 0 spiro atoms. The lowest BCUT2D eigenvalue weighted by molar-refractivity contribution is -0.132. The highest BCUT2D eigenvalue weighted by molar-refractivity contribution is 7.72. The summed E-state index contributed by atoms with van der Waals surface area (Å²) in [5, 5.41) is 13.0. The van der Waals surface area contributed by atoms with Gasteiger partial charge < -0.3 is 49.3 Å². The van der Waals surface area contributed by atoms with Gasteiger partial charge in [0.2, 0.25) is 5.91 Å². The summed E-state index contributed by atoms with van der Waals surface area (Å²) in [6.45, 7) is 5.89. The zero-order valence-electron chi connectivity index (χ0n) is 30.5. The minimum atomic E-state index is -6.48. The van der Waals surface area contributed by atoms with Gasteiger partial charge in [0.25, 0.3) is 5.56 Å². The number of aliphatic hydroxyl groups is 1. The molecule has 1 aliphatic heterocycles. The molecule has 9 atom stereocenters. The smallest absolute Gasteiger partial charge is 0.390 e. The Balaban J connectivity index is 1.82. The van der Waals surface area contributed by atoms with E-state index in [1.165, 1.54) is 6.92 Å². The summed E-state index contributed by atoms with van der Waals surface area (Å²) in [6.07, 6.45) is -2.01. The van der Waals surface area contributed by atoms with Crippen LogP contribution in [0.4, 0.5) is 0 Å². The van der Waals surface area contributed by atoms with Gasteiger partial charge in [0.15, 0.2) is 0 Å². The maximum Gasteiger partial charge on any atom is 0.490 e. The van der Waals surface area contributed by atoms with Crippen molar-refractivity contribution in [2.45, 2.75) is 78.2 Å². The molecule has 28 nitrogen and oxygen atoms in total. The predicted molar refractivity (Wildman–Crippen MR) is 189 cm³/mol. The van der Waals surface area contributed by atoms with Crippen molar-refractivity contribution in [2.24, 2.45) is 5.41 Å². The van der Waals surface area contributed by atoms with Gasteiger partial charge in [0.1, 0.15) is 12.3 Å². The van der Waals surface area contributed by atoms with Gasteiger partial charge in [-0.05, 0) is 40.5 Å². The lowest BCUT2D eigenvalue weighted by atomic mass is 9.93. The fourth-order valence-electron chi connectivity index (χ4n) is 4.39. The summed E-state index contributed by atoms with van der Waals surface area (Å²) in [4.78, 5) is 96.1. The number of nitrogens with one attached hydrogen (secondary N) is 2. The SMILES string of the molecule is CCOCC(C)(C)C(=O)NCCCCCCOP(=O)(O)OP(=O)(O)OP(=O)(O)OP(=O)(O)OP(=O)(O)OP(=O)(O)OCC1O[C@@H](n2cc(C)c(=O)[nH]c2=O)C[C@H]1O. The second kappa shape index (κ2) is 21.1. The van der Waals surface area contributed by atoms with Crippen molar-refractivity contribution in [1.82, 2.24) is 14.9 Å². The molecule has 1 saturated heterocycles. The van der Waals surface area contributed by atoms with Gasteiger partial charge in [-0.25, -0.2) is 32.2 Å². The number of unbranched alkanes of at least 4 members (excludes halogenated alkanes) is 3. The summed E-state index contributed by atoms with van der Waals surface area (Å²) < 4.78 is 112. The van der Waals surface area contributed by atoms with E-state index in [9.17, 15) is 76.2 Å². The Labute approximate surface area is 323 Å². The average molecular weight is 949 g/mol. The van der Waals surface area contributed by atoms with Crippen LogP contribution in [0.1, 0.15) is 64.7 Å². The van der Waals surface area contributed by atoms with Crippen LogP contribution in [0.2, 0.25) is 0 Å². The fraction of sp³-hybridized carbons (Fsp3) is 0.783. The fourth-order valence-corrected chi connectivity index (χ4v) is 12.2. The number of phosphoric acid groups is 6. The highest BCUT2D eigenvalue weighted by Crippen LogP contribution is 2.75. The van der Waals surface area contributed by atoms with Gasteiger partial charge in [-0.15, -0.1) is 0 Å². The van der Waals surface area contributed by atoms with Crippen LogP contribution in [0.15, 0.2) is 15.8 Å². The van der Waals surface area contributed by atoms with Crippen LogP contribution >= 0.6 is 46.9 Å². The number of ether oxygens (including phenoxy) is 2. The summed E-state index contributed by atoms with van der Waals surface area (Å²) in [5.74, 6) is -0.228. The van der Waals surface area contributed by atoms with E-state index in [2.05, 4.69) is 35.9 Å². The van der Waals surface area contributed by atoms with Gasteiger partial charge in [0, 0.05) is 31.3 Å². The average Bonchev–Trinajstić information content (AvgIpc) is 3.38. The summed E-state index contributed by atoms with van der Waals surface area (Å²) in [6, 6.07) is 0. The zero-order valence-corrected chi connectivity index (χ0v) is 35.9. The van der Waals surface area contributed by atoms with E-state index in [-0.39, 0.29) is 30.9 Å². The molecule has 1 aromatic heterocycles. The Hall–Kier alpha value is -1.11. The number of carbonyl (C=O) groups is 1. The van der Waals surface area contributed by atoms with Crippen LogP contribution in [0.5, 0.6) is 0 Å². The number of aryl methyl sites for hydroxylation is 1. The second-order valence-corrected chi connectivity index (χ2v) is 21.9. The first kappa shape index (κ1) is 52.0. The van der Waals surface area contributed by atoms with Crippen LogP contribution in [0.25, 0.3) is 0 Å². The third kappa shape index (κ3) is 19.0. The highest BCUT2D eigenvalue weighted by atomic mass is 31.3. The Morgan fingerprint density at radius 1 is 0.842 bits per heavy atom. The van der Waals surface area contributed by atoms with Crippen molar-refractivity contribution in [3.05, 3.63) is 32.6 Å². The largest absolute Gasteiger partial charge is 0.490 e. The molecule has 0 aliphatic carbocycles. The summed E-state index contributed by atoms with van der Waals surface area (Å²) >= 11 is 0. The number of aromatic amines is 1. The van der Waals surface area contributed by atoms with Crippen LogP contribution in [0.3, 0.4) is 0 Å². The molecule has 1 aromatic rings. The molecule has 7 unspecified atom stereocenters. The van der Waals surface area contributed by atoms with E-state index in [1.807, 2.05) is 4.98 Å². The van der Waals surface area contributed by atoms with E-state index in [4.69, 9.17) is 9.47 Å². The first-order chi connectivity index (χ1) is 25.9. The molecule has 0 aromatic carbocycles. The Kier molecular flexibility index (Phi) is 19.3. The number of H-pyrrole nitrogens is 1. The molecule has 0 saturated carbocycles. The van der Waals surface area contributed by atoms with Crippen molar-refractivity contribution in [1.29, 1.82) is 0 Å². The number of aliphatic hydroxyl groups excluding tert-OH is 1. The first-order valence-electron chi connectivity index (χ1n) is 16.2. The topological polar surface area (TPSA) is 411 Å². The molecule has 1 aliphatic rings. The van der Waals surface area contributed by atoms with Crippen molar-refractivity contribution >= 4 is 52.8 Å². The van der Waals surface area contributed by atoms with E-state index in [0.29, 0.717) is 32.4 Å². The molecular weight excluding hydrogens is 904 g/mol. The maximum absolute atomic E-state index is 12.3. The molecule has 1 amide bonds. The standard InChI is InChI=1S/C23H45N3O25P6/c1-5-43-15-23(3,4)21(29)24-10-8-6-7-9-11-44-52(31,32)47-54(35,36)49-56(39,40)51-57(41,42)50-55(37,38)48-53(33,34)45-14-18-17(27)12-19(46-18)26-13-16(2)20(28)25-22(26)30/h13,17-19,27H,5-12,14-15H2,1-4H3,(H,24,29)(H,31,32)(H,33,34)(H,35,36)(H,37,38)(H,39,40)(H,41,42)(H,25,28,30)/t17-,18?,19-/m1/s1. The predicted octanol–water partition coefficient (Wildman–Crippen LogP) is 1.95. The minimum absolute atomic E-state index is 0.0766. The molecule has 2 rings (SSSR count). The van der Waals surface area contributed by atoms with Gasteiger partial charge in [-0.1, -0.05) is 12.8 Å². The lowest BCUT2D eigenvalue weighted by Crippen LogP contribution is -2.40. The van der Waals surface area contributed by atoms with Crippen LogP contribution in [-0.4, -0.2) is 95.1 Å². The molecule has 34 heteroatoms. The van der Waals surface area contributed by atoms with E-state index < -0.39 is 95.2 Å². The maximum atomic E-state index is 12.3. The zero-order chi connectivity index (χ0) is 43.7. The first-order valence-corrected chi connectivity index (χ1v) is 25.2. The molecule has 1 fully saturated rings. The van der Waals surface area contributed by atoms with Crippen LogP contribution < -0.4 is 16.6 Å². The Morgan fingerprint density at radius 3 is 1.86 bits per heavy atom. The third-order valence-electron chi connectivity index (χ3n) is 6.99. The monoisotopic (exact) mass is 949 g/mol. The van der Waals surface area contributed by atoms with Crippen molar-refractivity contribution < 1.29 is 107 Å². The minimum Gasteiger partial charge on any atom is -0.390 e. The van der Waals surface area contributed by atoms with Crippen molar-refractivity contribution in [3.8, 4) is 0 Å². The van der Waals surface area contributed by atoms with Crippen molar-refractivity contribution in [2.75, 3.05) is 33.0 Å². The normalized spacial score (nSPS) is 23.9. The summed E-state index contributed by atoms with van der Waals surface area (Å²) in [5.41, 5.74) is -2.30. The molecule has 0 bridgehead atoms. The van der Waals surface area contributed by atoms with Crippen LogP contribution in [-0.2, 0) is 72.3 Å². The third-order valence-corrected chi connectivity index (χ3v) is 16.2. The number of hydrogen-bond acceptors (Lipinski definition) is 19. The van der Waals surface area contributed by atoms with E-state index >= 15 is 0 Å². The Morgan fingerprint density at radius 2 is 1.33 bits per heavy atom. The van der Waals surface area contributed by atoms with Gasteiger partial charge in [-0.2, -0.15) is 21.6 Å². The van der Waals surface area contributed by atoms with Crippen molar-refractivity contribution in [3.63, 3.8) is 0 Å². The second-order valence-electron chi connectivity index (χ2n) is 12.5. The number of hydrogen-bond donors (Lipinski definition) is 9. The quantitative estimate of drug-likeness (QED) is 0.0473. The number of rotatable bonds is 26. The van der Waals surface area contributed by atoms with Gasteiger partial charge in [0.05, 0.1) is 31.3 Å². The highest BCUT2D eigenvalue weighted by Gasteiger charge is 2.50. The number of nitrogens with zero attached hydrogens (tertiary/aromatic N) is 1. The number of aromatic nitrogens is 2. The molecule has 2 heterocycles. The van der Waals surface area contributed by atoms with Gasteiger partial charge >= 0.3 is 52.6 Å². The molecular formula is C23H45N3O25P6. The number of carbonyl (C=O) groups excluding carboxylic acids is 1. The molecule has 9 N–H and O–H groups in total. The number of phosphoric ester groups is 2. The van der Waals surface area contributed by atoms with Gasteiger partial charge in [-0.3, -0.25) is 28.2 Å². The summed E-state index contributed by atoms with van der Waals surface area (Å²) in [7, 11) is -36.8. The van der Waals surface area contributed by atoms with Crippen LogP contribution in [0, 0.1) is 12.3 Å². The molecule has 0 radical (unpaired) electrons. The van der Waals surface area contributed by atoms with E-state index in [0.717, 1.165) is 10.8 Å². The number of amides is 1. The van der Waals surface area contributed by atoms with E-state index in [1.54, 1.807) is 20.8 Å². The molecule has 57 heavy (non-hydrogen) atoms. The Bertz CT molecular complexity index is 1950. The molecule has 332 valence electrons. The lowest BCUT2D eigenvalue weighted by Gasteiger charge is -2.23.